The summed E-state index contributed by atoms with van der Waals surface area (Å²) in [4.78, 5) is 0. The lowest BCUT2D eigenvalue weighted by Gasteiger charge is -2.28. The molecule has 0 radical (unpaired) electrons. The van der Waals surface area contributed by atoms with Crippen LogP contribution in [-0.4, -0.2) is 25.7 Å². The number of hydrogen-bond donors (Lipinski definition) is 2. The zero-order valence-electron chi connectivity index (χ0n) is 7.32. The van der Waals surface area contributed by atoms with Crippen LogP contribution in [0.25, 0.3) is 0 Å². The van der Waals surface area contributed by atoms with Crippen molar-refractivity contribution in [3.05, 3.63) is 0 Å². The van der Waals surface area contributed by atoms with Gasteiger partial charge in [-0.25, -0.2) is 0 Å². The first-order valence-corrected chi connectivity index (χ1v) is 4.74. The lowest BCUT2D eigenvalue weighted by molar-refractivity contribution is 0.300. The van der Waals surface area contributed by atoms with Crippen LogP contribution >= 0.6 is 0 Å². The predicted octanol–water partition coefficient (Wildman–Crippen LogP) is 0.738. The zero-order chi connectivity index (χ0) is 7.73. The first kappa shape index (κ1) is 7.56. The Labute approximate surface area is 68.7 Å². The molecule has 0 atom stereocenters. The van der Waals surface area contributed by atoms with Gasteiger partial charge in [-0.2, -0.15) is 0 Å². The van der Waals surface area contributed by atoms with Crippen molar-refractivity contribution in [2.24, 2.45) is 5.92 Å². The van der Waals surface area contributed by atoms with E-state index in [1.807, 2.05) is 0 Å². The van der Waals surface area contributed by atoms with Crippen molar-refractivity contribution in [2.75, 3.05) is 20.1 Å². The van der Waals surface area contributed by atoms with Gasteiger partial charge in [-0.15, -0.1) is 0 Å². The summed E-state index contributed by atoms with van der Waals surface area (Å²) in [6.45, 7) is 2.53. The average Bonchev–Trinajstić information content (AvgIpc) is 2.66. The van der Waals surface area contributed by atoms with E-state index in [0.29, 0.717) is 5.54 Å². The highest BCUT2D eigenvalue weighted by atomic mass is 15.0. The maximum atomic E-state index is 3.44. The second-order valence-corrected chi connectivity index (χ2v) is 4.09. The lowest BCUT2D eigenvalue weighted by Crippen LogP contribution is -2.43. The van der Waals surface area contributed by atoms with Crippen molar-refractivity contribution in [3.8, 4) is 0 Å². The van der Waals surface area contributed by atoms with Crippen LogP contribution in [0.2, 0.25) is 0 Å². The van der Waals surface area contributed by atoms with Gasteiger partial charge in [0.2, 0.25) is 0 Å². The molecule has 2 rings (SSSR count). The molecule has 1 aliphatic carbocycles. The van der Waals surface area contributed by atoms with Gasteiger partial charge in [0.15, 0.2) is 0 Å². The van der Waals surface area contributed by atoms with Gasteiger partial charge < -0.3 is 10.6 Å². The molecule has 2 heteroatoms. The fourth-order valence-corrected chi connectivity index (χ4v) is 1.81. The predicted molar refractivity (Wildman–Crippen MR) is 46.6 cm³/mol. The smallest absolute Gasteiger partial charge is 0.0180 e. The minimum Gasteiger partial charge on any atom is -0.316 e. The first-order valence-electron chi connectivity index (χ1n) is 4.74. The molecule has 2 nitrogen and oxygen atoms in total. The summed E-state index contributed by atoms with van der Waals surface area (Å²) in [7, 11) is 2.10. The highest BCUT2D eigenvalue weighted by molar-refractivity contribution is 5.01. The van der Waals surface area contributed by atoms with Gasteiger partial charge in [0.05, 0.1) is 0 Å². The van der Waals surface area contributed by atoms with Crippen molar-refractivity contribution in [3.63, 3.8) is 0 Å². The standard InChI is InChI=1S/C9H18N2/c1-10-9(4-5-9)3-2-8-6-11-7-8/h8,10-11H,2-7H2,1H3. The molecule has 0 amide bonds. The third kappa shape index (κ3) is 1.57. The molecule has 2 aliphatic rings. The molecule has 0 aromatic heterocycles. The maximum absolute atomic E-state index is 3.44. The lowest BCUT2D eigenvalue weighted by atomic mass is 9.94. The maximum Gasteiger partial charge on any atom is 0.0180 e. The highest BCUT2D eigenvalue weighted by Crippen LogP contribution is 2.40. The van der Waals surface area contributed by atoms with Crippen LogP contribution < -0.4 is 10.6 Å². The fourth-order valence-electron chi connectivity index (χ4n) is 1.81. The minimum absolute atomic E-state index is 0.579. The van der Waals surface area contributed by atoms with Gasteiger partial charge in [-0.3, -0.25) is 0 Å². The fraction of sp³-hybridized carbons (Fsp3) is 1.00. The second-order valence-electron chi connectivity index (χ2n) is 4.09. The summed E-state index contributed by atoms with van der Waals surface area (Å²) in [5.41, 5.74) is 0.579. The summed E-state index contributed by atoms with van der Waals surface area (Å²) >= 11 is 0. The third-order valence-corrected chi connectivity index (χ3v) is 3.28. The van der Waals surface area contributed by atoms with E-state index in [4.69, 9.17) is 0 Å². The van der Waals surface area contributed by atoms with E-state index in [2.05, 4.69) is 17.7 Å². The minimum atomic E-state index is 0.579. The van der Waals surface area contributed by atoms with Crippen LogP contribution in [0.5, 0.6) is 0 Å². The molecule has 0 aromatic rings. The van der Waals surface area contributed by atoms with Crippen LogP contribution in [0.3, 0.4) is 0 Å². The van der Waals surface area contributed by atoms with Gasteiger partial charge in [0, 0.05) is 5.54 Å². The zero-order valence-corrected chi connectivity index (χ0v) is 7.32. The third-order valence-electron chi connectivity index (χ3n) is 3.28. The molecule has 0 spiro atoms. The summed E-state index contributed by atoms with van der Waals surface area (Å²) in [5.74, 6) is 0.987. The van der Waals surface area contributed by atoms with E-state index >= 15 is 0 Å². The first-order chi connectivity index (χ1) is 5.35. The molecule has 1 heterocycles. The van der Waals surface area contributed by atoms with Crippen LogP contribution in [0, 0.1) is 5.92 Å². The van der Waals surface area contributed by atoms with Crippen molar-refractivity contribution < 1.29 is 0 Å². The molecule has 64 valence electrons. The Kier molecular flexibility index (Phi) is 1.90. The number of nitrogens with one attached hydrogen (secondary N) is 2. The van der Waals surface area contributed by atoms with Crippen LogP contribution in [0.4, 0.5) is 0 Å². The quantitative estimate of drug-likeness (QED) is 0.624. The SMILES string of the molecule is CNC1(CCC2CNC2)CC1. The molecule has 0 bridgehead atoms. The molecule has 1 saturated carbocycles. The molecule has 2 fully saturated rings. The number of hydrogen-bond acceptors (Lipinski definition) is 2. The van der Waals surface area contributed by atoms with Crippen molar-refractivity contribution in [1.82, 2.24) is 10.6 Å². The Balaban J connectivity index is 1.65. The molecular formula is C9H18N2. The van der Waals surface area contributed by atoms with Crippen molar-refractivity contribution in [1.29, 1.82) is 0 Å². The van der Waals surface area contributed by atoms with Gasteiger partial charge in [-0.05, 0) is 51.7 Å². The molecular weight excluding hydrogens is 136 g/mol. The Bertz CT molecular complexity index is 136. The van der Waals surface area contributed by atoms with Crippen LogP contribution in [-0.2, 0) is 0 Å². The Hall–Kier alpha value is -0.0800. The van der Waals surface area contributed by atoms with Gasteiger partial charge >= 0.3 is 0 Å². The van der Waals surface area contributed by atoms with Gasteiger partial charge in [-0.1, -0.05) is 0 Å². The summed E-state index contributed by atoms with van der Waals surface area (Å²) < 4.78 is 0. The van der Waals surface area contributed by atoms with Gasteiger partial charge in [0.1, 0.15) is 0 Å². The van der Waals surface area contributed by atoms with Gasteiger partial charge in [0.25, 0.3) is 0 Å². The largest absolute Gasteiger partial charge is 0.316 e. The molecule has 1 saturated heterocycles. The molecule has 1 aliphatic heterocycles. The molecule has 11 heavy (non-hydrogen) atoms. The summed E-state index contributed by atoms with van der Waals surface area (Å²) in [5, 5.41) is 6.75. The monoisotopic (exact) mass is 154 g/mol. The average molecular weight is 154 g/mol. The normalized spacial score (nSPS) is 28.1. The van der Waals surface area contributed by atoms with E-state index < -0.39 is 0 Å². The van der Waals surface area contributed by atoms with E-state index in [1.54, 1.807) is 0 Å². The number of rotatable bonds is 4. The Morgan fingerprint density at radius 1 is 1.45 bits per heavy atom. The topological polar surface area (TPSA) is 24.1 Å². The van der Waals surface area contributed by atoms with E-state index in [0.717, 1.165) is 5.92 Å². The Morgan fingerprint density at radius 2 is 2.18 bits per heavy atom. The van der Waals surface area contributed by atoms with E-state index in [-0.39, 0.29) is 0 Å². The Morgan fingerprint density at radius 3 is 2.55 bits per heavy atom. The summed E-state index contributed by atoms with van der Waals surface area (Å²) in [6.07, 6.45) is 5.64. The molecule has 0 aromatic carbocycles. The summed E-state index contributed by atoms with van der Waals surface area (Å²) in [6, 6.07) is 0. The van der Waals surface area contributed by atoms with Crippen LogP contribution in [0.1, 0.15) is 25.7 Å². The van der Waals surface area contributed by atoms with Crippen LogP contribution in [0.15, 0.2) is 0 Å². The molecule has 0 unspecified atom stereocenters. The van der Waals surface area contributed by atoms with E-state index in [1.165, 1.54) is 38.8 Å². The van der Waals surface area contributed by atoms with Crippen molar-refractivity contribution >= 4 is 0 Å². The highest BCUT2D eigenvalue weighted by Gasteiger charge is 2.40. The molecule has 2 N–H and O–H groups in total. The van der Waals surface area contributed by atoms with Crippen molar-refractivity contribution in [2.45, 2.75) is 31.2 Å². The second kappa shape index (κ2) is 2.76. The van der Waals surface area contributed by atoms with E-state index in [9.17, 15) is 0 Å².